The molecule has 1 amide bonds. The molecule has 3 rings (SSSR count). The van der Waals surface area contributed by atoms with Gasteiger partial charge in [0.1, 0.15) is 23.8 Å². The standard InChI is InChI=1S/C18H17NO6S/c1-12-7-8-15(24-2)13(9-12)11-25-17(20)10-19-18(21)14-5-3-4-6-16(14)26(19,22)23/h3-9H,10-11H2,1-2H3. The van der Waals surface area contributed by atoms with Crippen molar-refractivity contribution in [2.45, 2.75) is 18.4 Å². The molecular formula is C18H17NO6S. The van der Waals surface area contributed by atoms with E-state index in [-0.39, 0.29) is 17.1 Å². The van der Waals surface area contributed by atoms with E-state index in [0.29, 0.717) is 15.6 Å². The van der Waals surface area contributed by atoms with Crippen molar-refractivity contribution in [3.63, 3.8) is 0 Å². The highest BCUT2D eigenvalue weighted by Gasteiger charge is 2.42. The number of esters is 1. The second-order valence-electron chi connectivity index (χ2n) is 5.79. The molecule has 0 bridgehead atoms. The first-order valence-corrected chi connectivity index (χ1v) is 9.24. The number of ether oxygens (including phenoxy) is 2. The van der Waals surface area contributed by atoms with Crippen LogP contribution in [0.15, 0.2) is 47.4 Å². The Hall–Kier alpha value is -2.87. The van der Waals surface area contributed by atoms with Crippen LogP contribution in [0.1, 0.15) is 21.5 Å². The molecule has 0 spiro atoms. The second-order valence-corrected chi connectivity index (χ2v) is 7.62. The molecule has 136 valence electrons. The number of hydrogen-bond donors (Lipinski definition) is 0. The van der Waals surface area contributed by atoms with Gasteiger partial charge in [0.25, 0.3) is 15.9 Å². The predicted octanol–water partition coefficient (Wildman–Crippen LogP) is 1.89. The Kier molecular flexibility index (Phi) is 4.69. The Balaban J connectivity index is 1.72. The first-order valence-electron chi connectivity index (χ1n) is 7.80. The smallest absolute Gasteiger partial charge is 0.327 e. The number of aryl methyl sites for hydroxylation is 1. The van der Waals surface area contributed by atoms with Gasteiger partial charge in [0.2, 0.25) is 0 Å². The van der Waals surface area contributed by atoms with Crippen molar-refractivity contribution in [3.05, 3.63) is 59.2 Å². The topological polar surface area (TPSA) is 90.0 Å². The van der Waals surface area contributed by atoms with Crippen LogP contribution in [0.25, 0.3) is 0 Å². The summed E-state index contributed by atoms with van der Waals surface area (Å²) in [6.45, 7) is 1.13. The lowest BCUT2D eigenvalue weighted by atomic mass is 10.1. The fourth-order valence-electron chi connectivity index (χ4n) is 2.73. The van der Waals surface area contributed by atoms with Crippen molar-refractivity contribution in [2.75, 3.05) is 13.7 Å². The van der Waals surface area contributed by atoms with E-state index in [1.54, 1.807) is 18.2 Å². The molecule has 0 aliphatic carbocycles. The van der Waals surface area contributed by atoms with Crippen molar-refractivity contribution in [3.8, 4) is 5.75 Å². The van der Waals surface area contributed by atoms with Gasteiger partial charge in [-0.05, 0) is 31.2 Å². The van der Waals surface area contributed by atoms with E-state index in [2.05, 4.69) is 0 Å². The molecule has 0 unspecified atom stereocenters. The van der Waals surface area contributed by atoms with E-state index in [1.165, 1.54) is 25.3 Å². The number of benzene rings is 2. The molecular weight excluding hydrogens is 358 g/mol. The third kappa shape index (κ3) is 3.15. The molecule has 1 aliphatic rings. The summed E-state index contributed by atoms with van der Waals surface area (Å²) in [6, 6.07) is 11.3. The van der Waals surface area contributed by atoms with Gasteiger partial charge in [-0.15, -0.1) is 0 Å². The summed E-state index contributed by atoms with van der Waals surface area (Å²) in [7, 11) is -2.53. The van der Waals surface area contributed by atoms with Crippen LogP contribution < -0.4 is 4.74 Å². The number of carbonyl (C=O) groups is 2. The molecule has 1 aliphatic heterocycles. The number of methoxy groups -OCH3 is 1. The van der Waals surface area contributed by atoms with Crippen LogP contribution in [-0.2, 0) is 26.2 Å². The quantitative estimate of drug-likeness (QED) is 0.742. The summed E-state index contributed by atoms with van der Waals surface area (Å²) < 4.78 is 35.7. The van der Waals surface area contributed by atoms with Crippen LogP contribution in [0.2, 0.25) is 0 Å². The van der Waals surface area contributed by atoms with Crippen LogP contribution in [0.4, 0.5) is 0 Å². The first kappa shape index (κ1) is 17.9. The summed E-state index contributed by atoms with van der Waals surface area (Å²) in [6.07, 6.45) is 0. The van der Waals surface area contributed by atoms with Crippen molar-refractivity contribution in [2.24, 2.45) is 0 Å². The number of hydrogen-bond acceptors (Lipinski definition) is 6. The molecule has 0 radical (unpaired) electrons. The zero-order chi connectivity index (χ0) is 18.9. The van der Waals surface area contributed by atoms with E-state index >= 15 is 0 Å². The van der Waals surface area contributed by atoms with Gasteiger partial charge in [0.05, 0.1) is 12.7 Å². The monoisotopic (exact) mass is 375 g/mol. The van der Waals surface area contributed by atoms with Gasteiger partial charge in [-0.3, -0.25) is 9.59 Å². The molecule has 2 aromatic carbocycles. The average Bonchev–Trinajstić information content (AvgIpc) is 2.81. The van der Waals surface area contributed by atoms with E-state index < -0.39 is 28.4 Å². The Bertz CT molecular complexity index is 983. The molecule has 2 aromatic rings. The summed E-state index contributed by atoms with van der Waals surface area (Å²) in [5.74, 6) is -0.996. The summed E-state index contributed by atoms with van der Waals surface area (Å²) in [4.78, 5) is 24.3. The molecule has 7 nitrogen and oxygen atoms in total. The fourth-order valence-corrected chi connectivity index (χ4v) is 4.24. The van der Waals surface area contributed by atoms with Crippen molar-refractivity contribution < 1.29 is 27.5 Å². The molecule has 0 N–H and O–H groups in total. The van der Waals surface area contributed by atoms with Crippen LogP contribution in [0.3, 0.4) is 0 Å². The highest BCUT2D eigenvalue weighted by atomic mass is 32.2. The Morgan fingerprint density at radius 3 is 2.58 bits per heavy atom. The van der Waals surface area contributed by atoms with E-state index in [9.17, 15) is 18.0 Å². The van der Waals surface area contributed by atoms with Crippen LogP contribution >= 0.6 is 0 Å². The van der Waals surface area contributed by atoms with E-state index in [4.69, 9.17) is 9.47 Å². The zero-order valence-corrected chi connectivity index (χ0v) is 15.1. The minimum Gasteiger partial charge on any atom is -0.496 e. The Morgan fingerprint density at radius 1 is 1.15 bits per heavy atom. The number of carbonyl (C=O) groups excluding carboxylic acids is 2. The number of fused-ring (bicyclic) bond motifs is 1. The maximum atomic E-state index is 12.4. The number of amides is 1. The maximum Gasteiger partial charge on any atom is 0.327 e. The lowest BCUT2D eigenvalue weighted by Gasteiger charge is -2.15. The van der Waals surface area contributed by atoms with E-state index in [1.807, 2.05) is 13.0 Å². The maximum absolute atomic E-state index is 12.4. The molecule has 0 aromatic heterocycles. The van der Waals surface area contributed by atoms with Gasteiger partial charge in [-0.1, -0.05) is 23.8 Å². The Labute approximate surface area is 151 Å². The van der Waals surface area contributed by atoms with E-state index in [0.717, 1.165) is 5.56 Å². The summed E-state index contributed by atoms with van der Waals surface area (Å²) >= 11 is 0. The van der Waals surface area contributed by atoms with Crippen molar-refractivity contribution >= 4 is 21.9 Å². The van der Waals surface area contributed by atoms with Crippen LogP contribution in [0, 0.1) is 6.92 Å². The van der Waals surface area contributed by atoms with Crippen molar-refractivity contribution in [1.29, 1.82) is 0 Å². The largest absolute Gasteiger partial charge is 0.496 e. The lowest BCUT2D eigenvalue weighted by Crippen LogP contribution is -2.35. The SMILES string of the molecule is COc1ccc(C)cc1COC(=O)CN1C(=O)c2ccccc2S1(=O)=O. The van der Waals surface area contributed by atoms with Crippen LogP contribution in [0.5, 0.6) is 5.75 Å². The minimum atomic E-state index is -4.03. The third-order valence-electron chi connectivity index (χ3n) is 4.01. The highest BCUT2D eigenvalue weighted by Crippen LogP contribution is 2.29. The zero-order valence-electron chi connectivity index (χ0n) is 14.3. The number of nitrogens with zero attached hydrogens (tertiary/aromatic N) is 1. The van der Waals surface area contributed by atoms with Gasteiger partial charge >= 0.3 is 5.97 Å². The fraction of sp³-hybridized carbons (Fsp3) is 0.222. The van der Waals surface area contributed by atoms with Gasteiger partial charge in [-0.2, -0.15) is 0 Å². The second kappa shape index (κ2) is 6.80. The lowest BCUT2D eigenvalue weighted by molar-refractivity contribution is -0.144. The molecule has 0 saturated heterocycles. The molecule has 26 heavy (non-hydrogen) atoms. The van der Waals surface area contributed by atoms with Crippen molar-refractivity contribution in [1.82, 2.24) is 4.31 Å². The highest BCUT2D eigenvalue weighted by molar-refractivity contribution is 7.90. The van der Waals surface area contributed by atoms with Gasteiger partial charge < -0.3 is 9.47 Å². The Morgan fingerprint density at radius 2 is 1.88 bits per heavy atom. The number of sulfonamides is 1. The molecule has 8 heteroatoms. The summed E-state index contributed by atoms with van der Waals surface area (Å²) in [5, 5.41) is 0. The molecule has 0 fully saturated rings. The summed E-state index contributed by atoms with van der Waals surface area (Å²) in [5.41, 5.74) is 1.67. The normalized spacial score (nSPS) is 14.8. The third-order valence-corrected chi connectivity index (χ3v) is 5.80. The molecule has 0 atom stereocenters. The van der Waals surface area contributed by atoms with Crippen LogP contribution in [-0.4, -0.2) is 38.3 Å². The number of rotatable bonds is 5. The average molecular weight is 375 g/mol. The van der Waals surface area contributed by atoms with Gasteiger partial charge in [-0.25, -0.2) is 12.7 Å². The van der Waals surface area contributed by atoms with Gasteiger partial charge in [0.15, 0.2) is 0 Å². The molecule has 1 heterocycles. The predicted molar refractivity (Wildman–Crippen MR) is 92.2 cm³/mol. The minimum absolute atomic E-state index is 0.0562. The first-order chi connectivity index (χ1) is 12.3. The van der Waals surface area contributed by atoms with Gasteiger partial charge in [0, 0.05) is 5.56 Å². The molecule has 0 saturated carbocycles.